The fourth-order valence-corrected chi connectivity index (χ4v) is 4.90. The van der Waals surface area contributed by atoms with Gasteiger partial charge in [-0.3, -0.25) is 4.79 Å². The Hall–Kier alpha value is -3.13. The standard InChI is InChI=1S/C22H19FN4O2S/c23-15-9-7-14(8-10-15)21-25-19(29-26-21)11-12-20(28)27-13-3-5-17(27)22-24-16-4-1-2-6-18(16)30-22/h1-2,4,6-10,17H,3,5,11-13H2/t17-/m1/s1. The van der Waals surface area contributed by atoms with Gasteiger partial charge in [-0.2, -0.15) is 4.98 Å². The Morgan fingerprint density at radius 2 is 2.00 bits per heavy atom. The number of likely N-dealkylation sites (tertiary alicyclic amines) is 1. The smallest absolute Gasteiger partial charge is 0.227 e. The van der Waals surface area contributed by atoms with Gasteiger partial charge in [0.15, 0.2) is 0 Å². The summed E-state index contributed by atoms with van der Waals surface area (Å²) >= 11 is 1.66. The van der Waals surface area contributed by atoms with Gasteiger partial charge < -0.3 is 9.42 Å². The number of halogens is 1. The van der Waals surface area contributed by atoms with Crippen LogP contribution < -0.4 is 0 Å². The molecule has 0 unspecified atom stereocenters. The quantitative estimate of drug-likeness (QED) is 0.463. The fraction of sp³-hybridized carbons (Fsp3) is 0.273. The number of nitrogens with zero attached hydrogens (tertiary/aromatic N) is 4. The maximum atomic E-state index is 13.1. The van der Waals surface area contributed by atoms with E-state index in [2.05, 4.69) is 16.2 Å². The van der Waals surface area contributed by atoms with Crippen LogP contribution in [0.1, 0.15) is 36.2 Å². The van der Waals surface area contributed by atoms with Crippen LogP contribution >= 0.6 is 11.3 Å². The number of hydrogen-bond acceptors (Lipinski definition) is 6. The highest BCUT2D eigenvalue weighted by Crippen LogP contribution is 2.36. The second kappa shape index (κ2) is 7.95. The average molecular weight is 422 g/mol. The summed E-state index contributed by atoms with van der Waals surface area (Å²) in [7, 11) is 0. The van der Waals surface area contributed by atoms with Gasteiger partial charge in [-0.05, 0) is 49.2 Å². The first-order valence-corrected chi connectivity index (χ1v) is 10.7. The van der Waals surface area contributed by atoms with E-state index in [0.29, 0.717) is 30.1 Å². The Labute approximate surface area is 176 Å². The molecule has 5 rings (SSSR count). The first-order valence-electron chi connectivity index (χ1n) is 9.91. The molecule has 4 aromatic rings. The zero-order valence-electron chi connectivity index (χ0n) is 16.1. The molecule has 0 N–H and O–H groups in total. The number of carbonyl (C=O) groups excluding carboxylic acids is 1. The van der Waals surface area contributed by atoms with E-state index in [4.69, 9.17) is 9.51 Å². The molecule has 152 valence electrons. The van der Waals surface area contributed by atoms with Gasteiger partial charge in [0.2, 0.25) is 17.6 Å². The molecule has 1 atom stereocenters. The third kappa shape index (κ3) is 3.70. The summed E-state index contributed by atoms with van der Waals surface area (Å²) in [5, 5.41) is 4.94. The van der Waals surface area contributed by atoms with Crippen molar-refractivity contribution in [3.63, 3.8) is 0 Å². The van der Waals surface area contributed by atoms with E-state index < -0.39 is 0 Å². The molecule has 0 radical (unpaired) electrons. The average Bonchev–Trinajstić information content (AvgIpc) is 3.51. The Morgan fingerprint density at radius 3 is 2.83 bits per heavy atom. The molecule has 30 heavy (non-hydrogen) atoms. The minimum atomic E-state index is -0.318. The van der Waals surface area contributed by atoms with E-state index in [-0.39, 0.29) is 17.8 Å². The number of fused-ring (bicyclic) bond motifs is 1. The van der Waals surface area contributed by atoms with Gasteiger partial charge in [0.25, 0.3) is 0 Å². The molecule has 1 saturated heterocycles. The summed E-state index contributed by atoms with van der Waals surface area (Å²) < 4.78 is 19.5. The van der Waals surface area contributed by atoms with E-state index in [1.165, 1.54) is 12.1 Å². The first kappa shape index (κ1) is 18.9. The van der Waals surface area contributed by atoms with Crippen LogP contribution in [0.5, 0.6) is 0 Å². The number of aryl methyl sites for hydroxylation is 1. The van der Waals surface area contributed by atoms with Crippen molar-refractivity contribution in [3.05, 3.63) is 65.2 Å². The summed E-state index contributed by atoms with van der Waals surface area (Å²) in [5.41, 5.74) is 1.66. The third-order valence-corrected chi connectivity index (χ3v) is 6.43. The zero-order chi connectivity index (χ0) is 20.5. The van der Waals surface area contributed by atoms with Crippen LogP contribution in [0.25, 0.3) is 21.6 Å². The number of benzene rings is 2. The Bertz CT molecular complexity index is 1150. The van der Waals surface area contributed by atoms with Crippen molar-refractivity contribution in [3.8, 4) is 11.4 Å². The van der Waals surface area contributed by atoms with Gasteiger partial charge in [0, 0.05) is 24.9 Å². The lowest BCUT2D eigenvalue weighted by molar-refractivity contribution is -0.132. The SMILES string of the molecule is O=C(CCc1nc(-c2ccc(F)cc2)no1)N1CCC[C@@H]1c1nc2ccccc2s1. The van der Waals surface area contributed by atoms with Crippen LogP contribution in [0.15, 0.2) is 53.1 Å². The Morgan fingerprint density at radius 1 is 1.17 bits per heavy atom. The highest BCUT2D eigenvalue weighted by atomic mass is 32.1. The third-order valence-electron chi connectivity index (χ3n) is 5.29. The monoisotopic (exact) mass is 422 g/mol. The van der Waals surface area contributed by atoms with Crippen molar-refractivity contribution in [2.45, 2.75) is 31.7 Å². The second-order valence-electron chi connectivity index (χ2n) is 7.28. The van der Waals surface area contributed by atoms with Crippen molar-refractivity contribution >= 4 is 27.5 Å². The number of hydrogen-bond donors (Lipinski definition) is 0. The lowest BCUT2D eigenvalue weighted by Crippen LogP contribution is -2.30. The van der Waals surface area contributed by atoms with Crippen molar-refractivity contribution in [1.29, 1.82) is 0 Å². The van der Waals surface area contributed by atoms with Gasteiger partial charge in [0.05, 0.1) is 16.3 Å². The first-order chi connectivity index (χ1) is 14.7. The summed E-state index contributed by atoms with van der Waals surface area (Å²) in [4.78, 5) is 23.9. The summed E-state index contributed by atoms with van der Waals surface area (Å²) in [6.07, 6.45) is 2.57. The number of para-hydroxylation sites is 1. The molecule has 0 bridgehead atoms. The van der Waals surface area contributed by atoms with E-state index in [1.54, 1.807) is 23.5 Å². The molecular formula is C22H19FN4O2S. The van der Waals surface area contributed by atoms with Crippen molar-refractivity contribution in [2.75, 3.05) is 6.54 Å². The van der Waals surface area contributed by atoms with Crippen LogP contribution in [-0.4, -0.2) is 32.5 Å². The van der Waals surface area contributed by atoms with E-state index in [0.717, 1.165) is 34.6 Å². The molecule has 0 spiro atoms. The molecule has 0 saturated carbocycles. The van der Waals surface area contributed by atoms with Gasteiger partial charge in [-0.15, -0.1) is 11.3 Å². The van der Waals surface area contributed by atoms with Gasteiger partial charge in [-0.1, -0.05) is 17.3 Å². The number of carbonyl (C=O) groups is 1. The second-order valence-corrected chi connectivity index (χ2v) is 8.35. The van der Waals surface area contributed by atoms with Gasteiger partial charge in [-0.25, -0.2) is 9.37 Å². The zero-order valence-corrected chi connectivity index (χ0v) is 16.9. The molecule has 1 aliphatic rings. The van der Waals surface area contributed by atoms with Crippen molar-refractivity contribution in [2.24, 2.45) is 0 Å². The van der Waals surface area contributed by atoms with Crippen LogP contribution in [-0.2, 0) is 11.2 Å². The fourth-order valence-electron chi connectivity index (χ4n) is 3.78. The Balaban J connectivity index is 1.25. The predicted octanol–water partition coefficient (Wildman–Crippen LogP) is 4.78. The molecule has 2 aromatic heterocycles. The van der Waals surface area contributed by atoms with E-state index in [1.807, 2.05) is 23.1 Å². The maximum absolute atomic E-state index is 13.1. The topological polar surface area (TPSA) is 72.1 Å². The molecule has 6 nitrogen and oxygen atoms in total. The van der Waals surface area contributed by atoms with Crippen molar-refractivity contribution < 1.29 is 13.7 Å². The molecule has 1 aliphatic heterocycles. The predicted molar refractivity (Wildman–Crippen MR) is 111 cm³/mol. The minimum Gasteiger partial charge on any atom is -0.339 e. The lowest BCUT2D eigenvalue weighted by Gasteiger charge is -2.22. The van der Waals surface area contributed by atoms with Gasteiger partial charge >= 0.3 is 0 Å². The highest BCUT2D eigenvalue weighted by Gasteiger charge is 2.32. The van der Waals surface area contributed by atoms with Crippen LogP contribution in [0.3, 0.4) is 0 Å². The number of amides is 1. The summed E-state index contributed by atoms with van der Waals surface area (Å²) in [5.74, 6) is 0.545. The summed E-state index contributed by atoms with van der Waals surface area (Å²) in [6, 6.07) is 14.0. The molecule has 2 aromatic carbocycles. The molecule has 0 aliphatic carbocycles. The number of thiazole rings is 1. The van der Waals surface area contributed by atoms with Crippen LogP contribution in [0.2, 0.25) is 0 Å². The molecule has 1 amide bonds. The van der Waals surface area contributed by atoms with Crippen molar-refractivity contribution in [1.82, 2.24) is 20.0 Å². The summed E-state index contributed by atoms with van der Waals surface area (Å²) in [6.45, 7) is 0.740. The van der Waals surface area contributed by atoms with E-state index >= 15 is 0 Å². The van der Waals surface area contributed by atoms with Gasteiger partial charge in [0.1, 0.15) is 10.8 Å². The van der Waals surface area contributed by atoms with E-state index in [9.17, 15) is 9.18 Å². The number of rotatable bonds is 5. The maximum Gasteiger partial charge on any atom is 0.227 e. The van der Waals surface area contributed by atoms with Crippen LogP contribution in [0, 0.1) is 5.82 Å². The normalized spacial score (nSPS) is 16.4. The molecule has 1 fully saturated rings. The highest BCUT2D eigenvalue weighted by molar-refractivity contribution is 7.18. The number of aromatic nitrogens is 3. The molecule has 3 heterocycles. The molecule has 8 heteroatoms. The minimum absolute atomic E-state index is 0.0346. The van der Waals surface area contributed by atoms with Crippen LogP contribution in [0.4, 0.5) is 4.39 Å². The largest absolute Gasteiger partial charge is 0.339 e. The lowest BCUT2D eigenvalue weighted by atomic mass is 10.2. The molecular weight excluding hydrogens is 403 g/mol. The Kier molecular flexibility index (Phi) is 5.00.